The average Bonchev–Trinajstić information content (AvgIpc) is 2.66. The van der Waals surface area contributed by atoms with Crippen LogP contribution in [0, 0.1) is 5.92 Å². The zero-order valence-electron chi connectivity index (χ0n) is 10.2. The third-order valence-corrected chi connectivity index (χ3v) is 3.93. The number of rotatable bonds is 3. The van der Waals surface area contributed by atoms with Crippen LogP contribution in [0.5, 0.6) is 0 Å². The van der Waals surface area contributed by atoms with E-state index in [1.165, 1.54) is 52.0 Å². The number of likely N-dealkylation sites (tertiary alicyclic amines) is 1. The van der Waals surface area contributed by atoms with Gasteiger partial charge in [-0.3, -0.25) is 0 Å². The van der Waals surface area contributed by atoms with Crippen molar-refractivity contribution in [2.75, 3.05) is 46.8 Å². The molecule has 0 aromatic rings. The van der Waals surface area contributed by atoms with Gasteiger partial charge in [-0.1, -0.05) is 0 Å². The van der Waals surface area contributed by atoms with Gasteiger partial charge in [-0.05, 0) is 58.9 Å². The molecule has 2 rings (SSSR count). The van der Waals surface area contributed by atoms with Gasteiger partial charge in [-0.2, -0.15) is 0 Å². The van der Waals surface area contributed by atoms with Gasteiger partial charge in [-0.25, -0.2) is 0 Å². The van der Waals surface area contributed by atoms with Gasteiger partial charge >= 0.3 is 0 Å². The quantitative estimate of drug-likeness (QED) is 0.738. The lowest BCUT2D eigenvalue weighted by Crippen LogP contribution is -2.41. The van der Waals surface area contributed by atoms with Crippen LogP contribution in [0.3, 0.4) is 0 Å². The van der Waals surface area contributed by atoms with E-state index < -0.39 is 0 Å². The molecule has 3 nitrogen and oxygen atoms in total. The normalized spacial score (nSPS) is 33.8. The van der Waals surface area contributed by atoms with Gasteiger partial charge in [0.2, 0.25) is 0 Å². The highest BCUT2D eigenvalue weighted by Crippen LogP contribution is 2.17. The van der Waals surface area contributed by atoms with E-state index in [-0.39, 0.29) is 0 Å². The summed E-state index contributed by atoms with van der Waals surface area (Å²) in [5, 5.41) is 3.50. The molecule has 0 aromatic heterocycles. The minimum absolute atomic E-state index is 0.803. The largest absolute Gasteiger partial charge is 0.316 e. The fourth-order valence-corrected chi connectivity index (χ4v) is 2.91. The Hall–Kier alpha value is -0.120. The summed E-state index contributed by atoms with van der Waals surface area (Å²) in [6, 6.07) is 0.803. The second-order valence-corrected chi connectivity index (χ2v) is 5.36. The lowest BCUT2D eigenvalue weighted by Gasteiger charge is -2.31. The Balaban J connectivity index is 1.73. The van der Waals surface area contributed by atoms with Crippen molar-refractivity contribution in [3.05, 3.63) is 0 Å². The van der Waals surface area contributed by atoms with Gasteiger partial charge < -0.3 is 15.1 Å². The van der Waals surface area contributed by atoms with Crippen LogP contribution in [0.1, 0.15) is 19.3 Å². The zero-order chi connectivity index (χ0) is 10.7. The van der Waals surface area contributed by atoms with E-state index in [0.29, 0.717) is 0 Å². The zero-order valence-corrected chi connectivity index (χ0v) is 10.2. The third kappa shape index (κ3) is 3.16. The van der Waals surface area contributed by atoms with Crippen molar-refractivity contribution in [2.45, 2.75) is 25.3 Å². The van der Waals surface area contributed by atoms with E-state index in [1.54, 1.807) is 0 Å². The number of nitrogens with one attached hydrogen (secondary N) is 1. The first-order valence-corrected chi connectivity index (χ1v) is 6.35. The van der Waals surface area contributed by atoms with Crippen LogP contribution in [-0.4, -0.2) is 62.7 Å². The van der Waals surface area contributed by atoms with Crippen LogP contribution >= 0.6 is 0 Å². The Morgan fingerprint density at radius 3 is 2.87 bits per heavy atom. The maximum atomic E-state index is 3.50. The van der Waals surface area contributed by atoms with E-state index >= 15 is 0 Å². The fourth-order valence-electron chi connectivity index (χ4n) is 2.91. The molecule has 0 radical (unpaired) electrons. The summed E-state index contributed by atoms with van der Waals surface area (Å²) in [4.78, 5) is 5.03. The molecule has 0 spiro atoms. The van der Waals surface area contributed by atoms with Crippen molar-refractivity contribution in [2.24, 2.45) is 5.92 Å². The topological polar surface area (TPSA) is 18.5 Å². The lowest BCUT2D eigenvalue weighted by atomic mass is 9.98. The molecule has 2 saturated heterocycles. The summed E-state index contributed by atoms with van der Waals surface area (Å²) in [6.07, 6.45) is 4.14. The smallest absolute Gasteiger partial charge is 0.0232 e. The molecule has 2 fully saturated rings. The van der Waals surface area contributed by atoms with E-state index in [4.69, 9.17) is 0 Å². The van der Waals surface area contributed by atoms with Gasteiger partial charge in [-0.15, -0.1) is 0 Å². The highest BCUT2D eigenvalue weighted by Gasteiger charge is 2.25. The van der Waals surface area contributed by atoms with Crippen molar-refractivity contribution >= 4 is 0 Å². The number of hydrogen-bond donors (Lipinski definition) is 1. The van der Waals surface area contributed by atoms with Crippen molar-refractivity contribution in [1.82, 2.24) is 15.1 Å². The van der Waals surface area contributed by atoms with Gasteiger partial charge in [0, 0.05) is 19.1 Å². The molecule has 2 atom stereocenters. The van der Waals surface area contributed by atoms with E-state index in [2.05, 4.69) is 29.2 Å². The summed E-state index contributed by atoms with van der Waals surface area (Å²) in [5.41, 5.74) is 0. The fraction of sp³-hybridized carbons (Fsp3) is 1.00. The Morgan fingerprint density at radius 1 is 1.40 bits per heavy atom. The van der Waals surface area contributed by atoms with Crippen LogP contribution in [0.15, 0.2) is 0 Å². The van der Waals surface area contributed by atoms with Crippen molar-refractivity contribution < 1.29 is 0 Å². The SMILES string of the molecule is CN1CCC(N(C)CC2CCCNC2)C1. The molecule has 1 N–H and O–H groups in total. The highest BCUT2D eigenvalue weighted by molar-refractivity contribution is 4.82. The first-order chi connectivity index (χ1) is 7.25. The van der Waals surface area contributed by atoms with E-state index in [0.717, 1.165) is 12.0 Å². The van der Waals surface area contributed by atoms with Crippen LogP contribution in [0.25, 0.3) is 0 Å². The Bertz CT molecular complexity index is 189. The molecule has 3 heteroatoms. The maximum Gasteiger partial charge on any atom is 0.0232 e. The Kier molecular flexibility index (Phi) is 4.00. The van der Waals surface area contributed by atoms with Gasteiger partial charge in [0.1, 0.15) is 0 Å². The van der Waals surface area contributed by atoms with Crippen molar-refractivity contribution in [3.8, 4) is 0 Å². The van der Waals surface area contributed by atoms with Gasteiger partial charge in [0.25, 0.3) is 0 Å². The first-order valence-electron chi connectivity index (χ1n) is 6.35. The summed E-state index contributed by atoms with van der Waals surface area (Å²) < 4.78 is 0. The summed E-state index contributed by atoms with van der Waals surface area (Å²) in [5.74, 6) is 0.884. The average molecular weight is 211 g/mol. The molecule has 2 aliphatic rings. The number of hydrogen-bond acceptors (Lipinski definition) is 3. The Morgan fingerprint density at radius 2 is 2.27 bits per heavy atom. The van der Waals surface area contributed by atoms with Crippen LogP contribution in [-0.2, 0) is 0 Å². The van der Waals surface area contributed by atoms with Gasteiger partial charge in [0.05, 0.1) is 0 Å². The molecule has 2 unspecified atom stereocenters. The minimum Gasteiger partial charge on any atom is -0.316 e. The summed E-state index contributed by atoms with van der Waals surface area (Å²) >= 11 is 0. The predicted molar refractivity (Wildman–Crippen MR) is 64.1 cm³/mol. The molecule has 0 aromatic carbocycles. The maximum absolute atomic E-state index is 3.50. The number of nitrogens with zero attached hydrogens (tertiary/aromatic N) is 2. The third-order valence-electron chi connectivity index (χ3n) is 3.93. The minimum atomic E-state index is 0.803. The van der Waals surface area contributed by atoms with E-state index in [9.17, 15) is 0 Å². The van der Waals surface area contributed by atoms with Crippen molar-refractivity contribution in [3.63, 3.8) is 0 Å². The standard InChI is InChI=1S/C12H25N3/c1-14-7-5-12(10-14)15(2)9-11-4-3-6-13-8-11/h11-13H,3-10H2,1-2H3. The molecule has 2 heterocycles. The predicted octanol–water partition coefficient (Wildman–Crippen LogP) is 0.622. The molecule has 2 aliphatic heterocycles. The molecule has 0 saturated carbocycles. The molecule has 0 amide bonds. The number of piperidine rings is 1. The van der Waals surface area contributed by atoms with Crippen LogP contribution in [0.4, 0.5) is 0 Å². The second-order valence-electron chi connectivity index (χ2n) is 5.36. The molecular weight excluding hydrogens is 186 g/mol. The Labute approximate surface area is 93.8 Å². The summed E-state index contributed by atoms with van der Waals surface area (Å²) in [7, 11) is 4.54. The molecule has 88 valence electrons. The first kappa shape index (κ1) is 11.4. The highest BCUT2D eigenvalue weighted by atomic mass is 15.2. The van der Waals surface area contributed by atoms with Crippen LogP contribution in [0.2, 0.25) is 0 Å². The summed E-state index contributed by atoms with van der Waals surface area (Å²) in [6.45, 7) is 6.28. The molecule has 0 bridgehead atoms. The van der Waals surface area contributed by atoms with Crippen LogP contribution < -0.4 is 5.32 Å². The number of likely N-dealkylation sites (N-methyl/N-ethyl adjacent to an activating group) is 2. The monoisotopic (exact) mass is 211 g/mol. The lowest BCUT2D eigenvalue weighted by molar-refractivity contribution is 0.189. The van der Waals surface area contributed by atoms with Crippen molar-refractivity contribution in [1.29, 1.82) is 0 Å². The molecular formula is C12H25N3. The molecule has 0 aliphatic carbocycles. The second kappa shape index (κ2) is 5.28. The molecule has 15 heavy (non-hydrogen) atoms. The van der Waals surface area contributed by atoms with Gasteiger partial charge in [0.15, 0.2) is 0 Å². The van der Waals surface area contributed by atoms with E-state index in [1.807, 2.05) is 0 Å².